The summed E-state index contributed by atoms with van der Waals surface area (Å²) in [5.74, 6) is 2.68. The highest BCUT2D eigenvalue weighted by Crippen LogP contribution is 2.23. The quantitative estimate of drug-likeness (QED) is 0.844. The average molecular weight is 313 g/mol. The number of anilines is 3. The summed E-state index contributed by atoms with van der Waals surface area (Å²) in [6.07, 6.45) is 4.51. The van der Waals surface area contributed by atoms with E-state index in [0.29, 0.717) is 6.04 Å². The van der Waals surface area contributed by atoms with Gasteiger partial charge in [0.05, 0.1) is 6.04 Å². The predicted octanol–water partition coefficient (Wildman–Crippen LogP) is 1.36. The molecule has 7 nitrogen and oxygen atoms in total. The van der Waals surface area contributed by atoms with Crippen LogP contribution < -0.4 is 14.7 Å². The van der Waals surface area contributed by atoms with Crippen molar-refractivity contribution in [2.24, 2.45) is 0 Å². The number of aromatic nitrogens is 4. The van der Waals surface area contributed by atoms with Crippen LogP contribution in [-0.2, 0) is 0 Å². The van der Waals surface area contributed by atoms with Crippen molar-refractivity contribution in [1.82, 2.24) is 19.9 Å². The molecule has 1 aliphatic rings. The summed E-state index contributed by atoms with van der Waals surface area (Å²) in [5.41, 5.74) is 0.994. The minimum Gasteiger partial charge on any atom is -0.363 e. The highest BCUT2D eigenvalue weighted by molar-refractivity contribution is 5.45. The number of likely N-dealkylation sites (N-methyl/N-ethyl adjacent to an activating group) is 1. The minimum absolute atomic E-state index is 0.377. The summed E-state index contributed by atoms with van der Waals surface area (Å²) in [4.78, 5) is 24.1. The van der Waals surface area contributed by atoms with Gasteiger partial charge in [-0.1, -0.05) is 0 Å². The van der Waals surface area contributed by atoms with Crippen LogP contribution >= 0.6 is 0 Å². The van der Waals surface area contributed by atoms with Gasteiger partial charge in [-0.05, 0) is 19.4 Å². The second kappa shape index (κ2) is 6.36. The van der Waals surface area contributed by atoms with Gasteiger partial charge in [-0.2, -0.15) is 4.98 Å². The summed E-state index contributed by atoms with van der Waals surface area (Å²) in [6.45, 7) is 3.90. The molecule has 3 rings (SSSR count). The lowest BCUT2D eigenvalue weighted by molar-refractivity contribution is 0.673. The molecule has 2 aromatic rings. The molecule has 1 saturated heterocycles. The van der Waals surface area contributed by atoms with E-state index in [0.717, 1.165) is 42.8 Å². The SMILES string of the molecule is Cc1cc(N2CCC(N(C)c3nccc(N(C)C)n3)C2)ncn1. The molecule has 1 unspecified atom stereocenters. The summed E-state index contributed by atoms with van der Waals surface area (Å²) >= 11 is 0. The highest BCUT2D eigenvalue weighted by atomic mass is 15.3. The van der Waals surface area contributed by atoms with Crippen molar-refractivity contribution in [3.8, 4) is 0 Å². The van der Waals surface area contributed by atoms with E-state index in [1.54, 1.807) is 6.33 Å². The van der Waals surface area contributed by atoms with Crippen molar-refractivity contribution in [3.05, 3.63) is 30.4 Å². The molecule has 23 heavy (non-hydrogen) atoms. The Balaban J connectivity index is 1.72. The van der Waals surface area contributed by atoms with E-state index in [1.165, 1.54) is 0 Å². The number of aryl methyl sites for hydroxylation is 1. The molecule has 0 aliphatic carbocycles. The fraction of sp³-hybridized carbons (Fsp3) is 0.500. The summed E-state index contributed by atoms with van der Waals surface area (Å²) in [6, 6.07) is 4.33. The van der Waals surface area contributed by atoms with E-state index in [-0.39, 0.29) is 0 Å². The monoisotopic (exact) mass is 313 g/mol. The van der Waals surface area contributed by atoms with Gasteiger partial charge in [-0.15, -0.1) is 0 Å². The largest absolute Gasteiger partial charge is 0.363 e. The lowest BCUT2D eigenvalue weighted by atomic mass is 10.2. The molecule has 0 bridgehead atoms. The van der Waals surface area contributed by atoms with Gasteiger partial charge in [0.1, 0.15) is 18.0 Å². The zero-order valence-electron chi connectivity index (χ0n) is 14.1. The van der Waals surface area contributed by atoms with Crippen LogP contribution in [0.3, 0.4) is 0 Å². The van der Waals surface area contributed by atoms with E-state index in [4.69, 9.17) is 0 Å². The van der Waals surface area contributed by atoms with Crippen LogP contribution in [0.5, 0.6) is 0 Å². The molecule has 0 spiro atoms. The smallest absolute Gasteiger partial charge is 0.227 e. The fourth-order valence-electron chi connectivity index (χ4n) is 2.80. The molecule has 1 fully saturated rings. The predicted molar refractivity (Wildman–Crippen MR) is 92.1 cm³/mol. The van der Waals surface area contributed by atoms with Crippen molar-refractivity contribution in [3.63, 3.8) is 0 Å². The van der Waals surface area contributed by atoms with E-state index < -0.39 is 0 Å². The third-order valence-electron chi connectivity index (χ3n) is 4.23. The van der Waals surface area contributed by atoms with Crippen LogP contribution in [0.25, 0.3) is 0 Å². The standard InChI is InChI=1S/C16H23N7/c1-12-9-15(19-11-18-12)23-8-6-13(10-23)22(4)16-17-7-5-14(20-16)21(2)3/h5,7,9,11,13H,6,8,10H2,1-4H3. The van der Waals surface area contributed by atoms with Crippen molar-refractivity contribution < 1.29 is 0 Å². The van der Waals surface area contributed by atoms with Gasteiger partial charge in [0.25, 0.3) is 0 Å². The molecule has 0 radical (unpaired) electrons. The molecular formula is C16H23N7. The Kier molecular flexibility index (Phi) is 4.27. The molecule has 0 saturated carbocycles. The van der Waals surface area contributed by atoms with E-state index >= 15 is 0 Å². The van der Waals surface area contributed by atoms with Crippen molar-refractivity contribution >= 4 is 17.6 Å². The second-order valence-corrected chi connectivity index (χ2v) is 6.13. The van der Waals surface area contributed by atoms with Crippen LogP contribution in [0.1, 0.15) is 12.1 Å². The van der Waals surface area contributed by atoms with Gasteiger partial charge in [-0.3, -0.25) is 0 Å². The normalized spacial score (nSPS) is 17.4. The third kappa shape index (κ3) is 3.33. The van der Waals surface area contributed by atoms with Gasteiger partial charge >= 0.3 is 0 Å². The van der Waals surface area contributed by atoms with Crippen molar-refractivity contribution in [2.45, 2.75) is 19.4 Å². The van der Waals surface area contributed by atoms with Crippen LogP contribution in [0.15, 0.2) is 24.7 Å². The molecule has 2 aromatic heterocycles. The number of rotatable bonds is 4. The molecule has 1 atom stereocenters. The topological polar surface area (TPSA) is 61.3 Å². The number of hydrogen-bond donors (Lipinski definition) is 0. The van der Waals surface area contributed by atoms with Gasteiger partial charge in [0.2, 0.25) is 5.95 Å². The Labute approximate surface area is 137 Å². The van der Waals surface area contributed by atoms with Gasteiger partial charge < -0.3 is 14.7 Å². The average Bonchev–Trinajstić information content (AvgIpc) is 3.04. The van der Waals surface area contributed by atoms with Crippen LogP contribution in [0, 0.1) is 6.92 Å². The molecule has 0 N–H and O–H groups in total. The van der Waals surface area contributed by atoms with Gasteiger partial charge in [0, 0.05) is 52.2 Å². The molecule has 0 aromatic carbocycles. The van der Waals surface area contributed by atoms with E-state index in [9.17, 15) is 0 Å². The Morgan fingerprint density at radius 1 is 1.17 bits per heavy atom. The Bertz CT molecular complexity index is 673. The molecule has 1 aliphatic heterocycles. The maximum absolute atomic E-state index is 4.63. The van der Waals surface area contributed by atoms with Crippen molar-refractivity contribution in [1.29, 1.82) is 0 Å². The number of hydrogen-bond acceptors (Lipinski definition) is 7. The first-order valence-corrected chi connectivity index (χ1v) is 7.81. The lowest BCUT2D eigenvalue weighted by Gasteiger charge is -2.26. The summed E-state index contributed by atoms with van der Waals surface area (Å²) in [7, 11) is 6.04. The zero-order valence-corrected chi connectivity index (χ0v) is 14.1. The van der Waals surface area contributed by atoms with Gasteiger partial charge in [-0.25, -0.2) is 15.0 Å². The lowest BCUT2D eigenvalue weighted by Crippen LogP contribution is -2.36. The molecule has 7 heteroatoms. The third-order valence-corrected chi connectivity index (χ3v) is 4.23. The first-order chi connectivity index (χ1) is 11.0. The molecule has 122 valence electrons. The first-order valence-electron chi connectivity index (χ1n) is 7.81. The fourth-order valence-corrected chi connectivity index (χ4v) is 2.80. The van der Waals surface area contributed by atoms with E-state index in [1.807, 2.05) is 44.2 Å². The number of nitrogens with zero attached hydrogens (tertiary/aromatic N) is 7. The zero-order chi connectivity index (χ0) is 16.4. The Morgan fingerprint density at radius 2 is 2.00 bits per heavy atom. The second-order valence-electron chi connectivity index (χ2n) is 6.13. The molecular weight excluding hydrogens is 290 g/mol. The Morgan fingerprint density at radius 3 is 2.74 bits per heavy atom. The maximum atomic E-state index is 4.63. The highest BCUT2D eigenvalue weighted by Gasteiger charge is 2.28. The van der Waals surface area contributed by atoms with Crippen LogP contribution in [-0.4, -0.2) is 60.2 Å². The molecule has 0 amide bonds. The first kappa shape index (κ1) is 15.5. The van der Waals surface area contributed by atoms with E-state index in [2.05, 4.69) is 36.8 Å². The van der Waals surface area contributed by atoms with Crippen molar-refractivity contribution in [2.75, 3.05) is 48.9 Å². The van der Waals surface area contributed by atoms with Crippen LogP contribution in [0.4, 0.5) is 17.6 Å². The van der Waals surface area contributed by atoms with Gasteiger partial charge in [0.15, 0.2) is 0 Å². The Hall–Kier alpha value is -2.44. The van der Waals surface area contributed by atoms with Crippen LogP contribution in [0.2, 0.25) is 0 Å². The summed E-state index contributed by atoms with van der Waals surface area (Å²) < 4.78 is 0. The summed E-state index contributed by atoms with van der Waals surface area (Å²) in [5, 5.41) is 0. The maximum Gasteiger partial charge on any atom is 0.227 e. The minimum atomic E-state index is 0.377. The molecule has 3 heterocycles.